The van der Waals surface area contributed by atoms with Crippen molar-refractivity contribution in [1.29, 1.82) is 5.26 Å². The number of nitriles is 1. The number of nitrogens with one attached hydrogen (secondary N) is 1. The molecule has 0 radical (unpaired) electrons. The first kappa shape index (κ1) is 13.1. The first-order valence-electron chi connectivity index (χ1n) is 6.68. The largest absolute Gasteiger partial charge is 0.387 e. The molecule has 1 unspecified atom stereocenters. The summed E-state index contributed by atoms with van der Waals surface area (Å²) in [5, 5.41) is 22.0. The Balaban J connectivity index is 1.69. The van der Waals surface area contributed by atoms with Gasteiger partial charge in [0.15, 0.2) is 0 Å². The van der Waals surface area contributed by atoms with Crippen LogP contribution in [0.25, 0.3) is 0 Å². The fourth-order valence-electron chi connectivity index (χ4n) is 2.22. The highest BCUT2D eigenvalue weighted by Crippen LogP contribution is 2.28. The number of hydrogen-bond donors (Lipinski definition) is 2. The molecular formula is C15H20N2O. The second-order valence-corrected chi connectivity index (χ2v) is 5.04. The van der Waals surface area contributed by atoms with Crippen molar-refractivity contribution in [3.8, 4) is 6.07 Å². The van der Waals surface area contributed by atoms with E-state index < -0.39 is 6.10 Å². The molecule has 1 saturated carbocycles. The van der Waals surface area contributed by atoms with Crippen LogP contribution in [-0.2, 0) is 0 Å². The molecule has 3 nitrogen and oxygen atoms in total. The topological polar surface area (TPSA) is 56.0 Å². The summed E-state index contributed by atoms with van der Waals surface area (Å²) in [6, 6.07) is 9.19. The predicted octanol–water partition coefficient (Wildman–Crippen LogP) is 2.37. The second-order valence-electron chi connectivity index (χ2n) is 5.04. The van der Waals surface area contributed by atoms with Gasteiger partial charge >= 0.3 is 0 Å². The molecule has 18 heavy (non-hydrogen) atoms. The number of rotatable bonds is 6. The fourth-order valence-corrected chi connectivity index (χ4v) is 2.22. The zero-order valence-electron chi connectivity index (χ0n) is 10.6. The molecule has 0 aliphatic heterocycles. The standard InChI is InChI=1S/C15H20N2O/c16-10-13-4-6-14(7-5-13)15(18)11-17-9-8-12-2-1-3-12/h4-7,12,15,17-18H,1-3,8-9,11H2. The maximum absolute atomic E-state index is 9.98. The molecule has 1 fully saturated rings. The predicted molar refractivity (Wildman–Crippen MR) is 70.9 cm³/mol. The third-order valence-corrected chi connectivity index (χ3v) is 3.72. The van der Waals surface area contributed by atoms with Gasteiger partial charge in [-0.1, -0.05) is 31.4 Å². The van der Waals surface area contributed by atoms with Gasteiger partial charge in [0.1, 0.15) is 0 Å². The van der Waals surface area contributed by atoms with Crippen molar-refractivity contribution < 1.29 is 5.11 Å². The number of aliphatic hydroxyl groups is 1. The Kier molecular flexibility index (Phi) is 4.74. The smallest absolute Gasteiger partial charge is 0.0991 e. The normalized spacial score (nSPS) is 16.9. The maximum atomic E-state index is 9.98. The lowest BCUT2D eigenvalue weighted by molar-refractivity contribution is 0.172. The Morgan fingerprint density at radius 1 is 1.33 bits per heavy atom. The monoisotopic (exact) mass is 244 g/mol. The van der Waals surface area contributed by atoms with Crippen molar-refractivity contribution >= 4 is 0 Å². The highest BCUT2D eigenvalue weighted by atomic mass is 16.3. The van der Waals surface area contributed by atoms with Crippen LogP contribution in [0.2, 0.25) is 0 Å². The van der Waals surface area contributed by atoms with Crippen molar-refractivity contribution in [2.75, 3.05) is 13.1 Å². The van der Waals surface area contributed by atoms with Gasteiger partial charge in [0.2, 0.25) is 0 Å². The van der Waals surface area contributed by atoms with E-state index in [1.165, 1.54) is 25.7 Å². The number of hydrogen-bond acceptors (Lipinski definition) is 3. The van der Waals surface area contributed by atoms with Crippen LogP contribution in [-0.4, -0.2) is 18.2 Å². The van der Waals surface area contributed by atoms with Crippen molar-refractivity contribution in [1.82, 2.24) is 5.32 Å². The Labute approximate surface area is 108 Å². The summed E-state index contributed by atoms with van der Waals surface area (Å²) in [5.74, 6) is 0.907. The Hall–Kier alpha value is -1.37. The summed E-state index contributed by atoms with van der Waals surface area (Å²) in [4.78, 5) is 0. The van der Waals surface area contributed by atoms with E-state index in [2.05, 4.69) is 11.4 Å². The van der Waals surface area contributed by atoms with E-state index >= 15 is 0 Å². The molecule has 3 heteroatoms. The van der Waals surface area contributed by atoms with Crippen LogP contribution in [0, 0.1) is 17.2 Å². The van der Waals surface area contributed by atoms with Crippen molar-refractivity contribution in [3.05, 3.63) is 35.4 Å². The molecule has 1 aromatic rings. The van der Waals surface area contributed by atoms with E-state index in [0.29, 0.717) is 12.1 Å². The van der Waals surface area contributed by atoms with Gasteiger partial charge in [0.25, 0.3) is 0 Å². The van der Waals surface area contributed by atoms with E-state index in [0.717, 1.165) is 18.0 Å². The van der Waals surface area contributed by atoms with Gasteiger partial charge in [-0.05, 0) is 36.6 Å². The van der Waals surface area contributed by atoms with E-state index in [9.17, 15) is 5.11 Å². The highest BCUT2D eigenvalue weighted by molar-refractivity contribution is 5.32. The molecular weight excluding hydrogens is 224 g/mol. The molecule has 0 bridgehead atoms. The molecule has 0 saturated heterocycles. The lowest BCUT2D eigenvalue weighted by Crippen LogP contribution is -2.25. The number of nitrogens with zero attached hydrogens (tertiary/aromatic N) is 1. The van der Waals surface area contributed by atoms with Crippen LogP contribution in [0.5, 0.6) is 0 Å². The summed E-state index contributed by atoms with van der Waals surface area (Å²) in [7, 11) is 0. The molecule has 1 aliphatic rings. The fraction of sp³-hybridized carbons (Fsp3) is 0.533. The number of aliphatic hydroxyl groups excluding tert-OH is 1. The SMILES string of the molecule is N#Cc1ccc(C(O)CNCCC2CCC2)cc1. The van der Waals surface area contributed by atoms with Gasteiger partial charge in [-0.3, -0.25) is 0 Å². The van der Waals surface area contributed by atoms with Crippen LogP contribution >= 0.6 is 0 Å². The average Bonchev–Trinajstić information content (AvgIpc) is 2.36. The maximum Gasteiger partial charge on any atom is 0.0991 e. The minimum Gasteiger partial charge on any atom is -0.387 e. The van der Waals surface area contributed by atoms with Crippen molar-refractivity contribution in [2.24, 2.45) is 5.92 Å². The van der Waals surface area contributed by atoms with E-state index in [-0.39, 0.29) is 0 Å². The minimum absolute atomic E-state index is 0.487. The first-order valence-corrected chi connectivity index (χ1v) is 6.68. The zero-order valence-corrected chi connectivity index (χ0v) is 10.6. The average molecular weight is 244 g/mol. The summed E-state index contributed by atoms with van der Waals surface area (Å²) >= 11 is 0. The van der Waals surface area contributed by atoms with Gasteiger partial charge in [-0.25, -0.2) is 0 Å². The van der Waals surface area contributed by atoms with E-state index in [4.69, 9.17) is 5.26 Å². The van der Waals surface area contributed by atoms with Crippen LogP contribution in [0.4, 0.5) is 0 Å². The Morgan fingerprint density at radius 3 is 2.61 bits per heavy atom. The molecule has 2 N–H and O–H groups in total. The minimum atomic E-state index is -0.487. The lowest BCUT2D eigenvalue weighted by atomic mass is 9.83. The lowest BCUT2D eigenvalue weighted by Gasteiger charge is -2.25. The third-order valence-electron chi connectivity index (χ3n) is 3.72. The third kappa shape index (κ3) is 3.56. The summed E-state index contributed by atoms with van der Waals surface area (Å²) in [6.07, 6.45) is 4.87. The van der Waals surface area contributed by atoms with Crippen molar-refractivity contribution in [3.63, 3.8) is 0 Å². The quantitative estimate of drug-likeness (QED) is 0.755. The van der Waals surface area contributed by atoms with Crippen LogP contribution in [0.15, 0.2) is 24.3 Å². The second kappa shape index (κ2) is 6.53. The highest BCUT2D eigenvalue weighted by Gasteiger charge is 2.16. The molecule has 1 aliphatic carbocycles. The summed E-state index contributed by atoms with van der Waals surface area (Å²) in [5.41, 5.74) is 1.49. The molecule has 96 valence electrons. The summed E-state index contributed by atoms with van der Waals surface area (Å²) < 4.78 is 0. The van der Waals surface area contributed by atoms with Crippen molar-refractivity contribution in [2.45, 2.75) is 31.8 Å². The molecule has 1 aromatic carbocycles. The Bertz CT molecular complexity index is 403. The van der Waals surface area contributed by atoms with Gasteiger partial charge in [0, 0.05) is 6.54 Å². The van der Waals surface area contributed by atoms with Gasteiger partial charge in [0.05, 0.1) is 17.7 Å². The van der Waals surface area contributed by atoms with Crippen LogP contribution < -0.4 is 5.32 Å². The van der Waals surface area contributed by atoms with Crippen LogP contribution in [0.3, 0.4) is 0 Å². The van der Waals surface area contributed by atoms with Gasteiger partial charge in [-0.15, -0.1) is 0 Å². The summed E-state index contributed by atoms with van der Waals surface area (Å²) in [6.45, 7) is 1.57. The van der Waals surface area contributed by atoms with E-state index in [1.807, 2.05) is 12.1 Å². The van der Waals surface area contributed by atoms with Crippen LogP contribution in [0.1, 0.15) is 42.9 Å². The van der Waals surface area contributed by atoms with Gasteiger partial charge in [-0.2, -0.15) is 5.26 Å². The molecule has 0 heterocycles. The molecule has 0 aromatic heterocycles. The Morgan fingerprint density at radius 2 is 2.06 bits per heavy atom. The molecule has 2 rings (SSSR count). The number of benzene rings is 1. The molecule has 0 spiro atoms. The first-order chi connectivity index (χ1) is 8.79. The van der Waals surface area contributed by atoms with Gasteiger partial charge < -0.3 is 10.4 Å². The van der Waals surface area contributed by atoms with E-state index in [1.54, 1.807) is 12.1 Å². The zero-order chi connectivity index (χ0) is 12.8. The molecule has 1 atom stereocenters. The molecule has 0 amide bonds.